The molecule has 1 aromatic carbocycles. The van der Waals surface area contributed by atoms with Crippen molar-refractivity contribution in [3.8, 4) is 0 Å². The van der Waals surface area contributed by atoms with E-state index in [1.54, 1.807) is 12.1 Å². The van der Waals surface area contributed by atoms with E-state index in [4.69, 9.17) is 17.3 Å². The van der Waals surface area contributed by atoms with Crippen LogP contribution in [0.4, 0.5) is 5.69 Å². The van der Waals surface area contributed by atoms with Gasteiger partial charge in [-0.1, -0.05) is 18.5 Å². The maximum atomic E-state index is 11.9. The highest BCUT2D eigenvalue weighted by molar-refractivity contribution is 6.34. The summed E-state index contributed by atoms with van der Waals surface area (Å²) in [6.07, 6.45) is 1.11. The van der Waals surface area contributed by atoms with Crippen molar-refractivity contribution in [1.82, 2.24) is 10.6 Å². The van der Waals surface area contributed by atoms with Gasteiger partial charge in [0.25, 0.3) is 5.91 Å². The number of carbonyl (C=O) groups is 2. The lowest BCUT2D eigenvalue weighted by Gasteiger charge is -2.11. The van der Waals surface area contributed by atoms with Crippen LogP contribution < -0.4 is 16.4 Å². The van der Waals surface area contributed by atoms with Gasteiger partial charge in [-0.05, 0) is 31.5 Å². The molecule has 2 amide bonds. The molecule has 110 valence electrons. The molecule has 1 unspecified atom stereocenters. The molecule has 20 heavy (non-hydrogen) atoms. The molecule has 0 radical (unpaired) electrons. The highest BCUT2D eigenvalue weighted by atomic mass is 35.5. The van der Waals surface area contributed by atoms with Gasteiger partial charge in [0, 0.05) is 24.7 Å². The molecule has 0 spiro atoms. The second-order valence-corrected chi connectivity index (χ2v) is 5.03. The number of amides is 2. The van der Waals surface area contributed by atoms with Gasteiger partial charge in [-0.3, -0.25) is 9.59 Å². The van der Waals surface area contributed by atoms with E-state index < -0.39 is 0 Å². The van der Waals surface area contributed by atoms with Gasteiger partial charge in [0.1, 0.15) is 0 Å². The van der Waals surface area contributed by atoms with Crippen LogP contribution in [0.5, 0.6) is 0 Å². The van der Waals surface area contributed by atoms with E-state index in [1.807, 2.05) is 13.8 Å². The lowest BCUT2D eigenvalue weighted by atomic mass is 10.2. The Morgan fingerprint density at radius 2 is 2.10 bits per heavy atom. The van der Waals surface area contributed by atoms with Gasteiger partial charge in [-0.25, -0.2) is 0 Å². The number of benzene rings is 1. The molecule has 0 aliphatic heterocycles. The minimum Gasteiger partial charge on any atom is -0.399 e. The normalized spacial score (nSPS) is 11.8. The third kappa shape index (κ3) is 5.09. The van der Waals surface area contributed by atoms with Gasteiger partial charge >= 0.3 is 0 Å². The number of anilines is 1. The van der Waals surface area contributed by atoms with Gasteiger partial charge in [-0.2, -0.15) is 0 Å². The van der Waals surface area contributed by atoms with Crippen LogP contribution in [0.25, 0.3) is 0 Å². The average molecular weight is 298 g/mol. The van der Waals surface area contributed by atoms with Crippen LogP contribution >= 0.6 is 11.6 Å². The van der Waals surface area contributed by atoms with Crippen LogP contribution in [0.1, 0.15) is 37.0 Å². The number of nitrogen functional groups attached to an aromatic ring is 1. The van der Waals surface area contributed by atoms with E-state index in [1.165, 1.54) is 6.07 Å². The van der Waals surface area contributed by atoms with Crippen LogP contribution in [0, 0.1) is 0 Å². The zero-order valence-electron chi connectivity index (χ0n) is 11.7. The molecule has 1 rings (SSSR count). The maximum Gasteiger partial charge on any atom is 0.252 e. The predicted molar refractivity (Wildman–Crippen MR) is 80.7 cm³/mol. The number of halogens is 1. The molecular weight excluding hydrogens is 278 g/mol. The molecule has 0 aliphatic carbocycles. The monoisotopic (exact) mass is 297 g/mol. The molecule has 1 aromatic rings. The van der Waals surface area contributed by atoms with E-state index >= 15 is 0 Å². The van der Waals surface area contributed by atoms with Crippen molar-refractivity contribution < 1.29 is 9.59 Å². The number of hydrogen-bond donors (Lipinski definition) is 3. The van der Waals surface area contributed by atoms with Crippen molar-refractivity contribution in [3.05, 3.63) is 28.8 Å². The van der Waals surface area contributed by atoms with E-state index in [2.05, 4.69) is 10.6 Å². The van der Waals surface area contributed by atoms with E-state index in [0.717, 1.165) is 6.42 Å². The first-order chi connectivity index (χ1) is 9.43. The molecule has 1 atom stereocenters. The highest BCUT2D eigenvalue weighted by Gasteiger charge is 2.11. The number of nitrogens with one attached hydrogen (secondary N) is 2. The van der Waals surface area contributed by atoms with Crippen LogP contribution in [0.3, 0.4) is 0 Å². The molecule has 0 bridgehead atoms. The molecule has 4 N–H and O–H groups in total. The van der Waals surface area contributed by atoms with Crippen molar-refractivity contribution in [3.63, 3.8) is 0 Å². The van der Waals surface area contributed by atoms with Gasteiger partial charge in [0.15, 0.2) is 0 Å². The first-order valence-electron chi connectivity index (χ1n) is 6.56. The van der Waals surface area contributed by atoms with Crippen LogP contribution in [0.2, 0.25) is 5.02 Å². The van der Waals surface area contributed by atoms with Gasteiger partial charge in [0.05, 0.1) is 10.6 Å². The Balaban J connectivity index is 2.42. The first-order valence-corrected chi connectivity index (χ1v) is 6.94. The minimum atomic E-state index is -0.314. The van der Waals surface area contributed by atoms with Crippen molar-refractivity contribution in [2.75, 3.05) is 12.3 Å². The summed E-state index contributed by atoms with van der Waals surface area (Å²) in [7, 11) is 0. The quantitative estimate of drug-likeness (QED) is 0.702. The Morgan fingerprint density at radius 1 is 1.40 bits per heavy atom. The second-order valence-electron chi connectivity index (χ2n) is 4.62. The van der Waals surface area contributed by atoms with Crippen LogP contribution in [0.15, 0.2) is 18.2 Å². The molecule has 0 aliphatic rings. The Hall–Kier alpha value is -1.75. The van der Waals surface area contributed by atoms with Crippen molar-refractivity contribution in [2.45, 2.75) is 32.7 Å². The lowest BCUT2D eigenvalue weighted by Crippen LogP contribution is -2.35. The molecule has 0 saturated heterocycles. The molecule has 6 heteroatoms. The first kappa shape index (κ1) is 16.3. The third-order valence-electron chi connectivity index (χ3n) is 2.90. The average Bonchev–Trinajstić information content (AvgIpc) is 2.38. The summed E-state index contributed by atoms with van der Waals surface area (Å²) in [4.78, 5) is 23.4. The van der Waals surface area contributed by atoms with Gasteiger partial charge in [0.2, 0.25) is 5.91 Å². The zero-order chi connectivity index (χ0) is 15.1. The number of carbonyl (C=O) groups excluding carboxylic acids is 2. The fourth-order valence-corrected chi connectivity index (χ4v) is 1.82. The maximum absolute atomic E-state index is 11.9. The van der Waals surface area contributed by atoms with E-state index in [0.29, 0.717) is 16.3 Å². The zero-order valence-corrected chi connectivity index (χ0v) is 12.5. The highest BCUT2D eigenvalue weighted by Crippen LogP contribution is 2.18. The van der Waals surface area contributed by atoms with Crippen LogP contribution in [-0.4, -0.2) is 24.4 Å². The summed E-state index contributed by atoms with van der Waals surface area (Å²) < 4.78 is 0. The Labute approximate surface area is 123 Å². The summed E-state index contributed by atoms with van der Waals surface area (Å²) in [6, 6.07) is 4.83. The number of nitrogens with two attached hydrogens (primary N) is 1. The summed E-state index contributed by atoms with van der Waals surface area (Å²) >= 11 is 5.93. The standard InChI is InChI=1S/C14H20ClN3O2/c1-3-9(2)18-13(19)6-7-17-14(20)11-5-4-10(16)8-12(11)15/h4-5,8-9H,3,6-7,16H2,1-2H3,(H,17,20)(H,18,19). The van der Waals surface area contributed by atoms with Crippen molar-refractivity contribution in [1.29, 1.82) is 0 Å². The van der Waals surface area contributed by atoms with Gasteiger partial charge in [-0.15, -0.1) is 0 Å². The van der Waals surface area contributed by atoms with Crippen molar-refractivity contribution >= 4 is 29.1 Å². The third-order valence-corrected chi connectivity index (χ3v) is 3.21. The number of rotatable bonds is 6. The van der Waals surface area contributed by atoms with Crippen molar-refractivity contribution in [2.24, 2.45) is 0 Å². The Bertz CT molecular complexity index is 491. The minimum absolute atomic E-state index is 0.0805. The summed E-state index contributed by atoms with van der Waals surface area (Å²) in [5, 5.41) is 5.78. The Kier molecular flexibility index (Phi) is 6.31. The molecule has 5 nitrogen and oxygen atoms in total. The van der Waals surface area contributed by atoms with E-state index in [-0.39, 0.29) is 30.8 Å². The fourth-order valence-electron chi connectivity index (χ4n) is 1.55. The predicted octanol–water partition coefficient (Wildman–Crippen LogP) is 1.96. The smallest absolute Gasteiger partial charge is 0.252 e. The second kappa shape index (κ2) is 7.75. The summed E-state index contributed by atoms with van der Waals surface area (Å²) in [6.45, 7) is 4.20. The van der Waals surface area contributed by atoms with Crippen LogP contribution in [-0.2, 0) is 4.79 Å². The fraction of sp³-hybridized carbons (Fsp3) is 0.429. The van der Waals surface area contributed by atoms with E-state index in [9.17, 15) is 9.59 Å². The molecule has 0 heterocycles. The molecule has 0 saturated carbocycles. The topological polar surface area (TPSA) is 84.2 Å². The molecule has 0 aromatic heterocycles. The Morgan fingerprint density at radius 3 is 2.70 bits per heavy atom. The number of hydrogen-bond acceptors (Lipinski definition) is 3. The molecular formula is C14H20ClN3O2. The summed E-state index contributed by atoms with van der Waals surface area (Å²) in [5.41, 5.74) is 6.41. The molecule has 0 fully saturated rings. The van der Waals surface area contributed by atoms with Gasteiger partial charge < -0.3 is 16.4 Å². The SMILES string of the molecule is CCC(C)NC(=O)CCNC(=O)c1ccc(N)cc1Cl. The summed E-state index contributed by atoms with van der Waals surface area (Å²) in [5.74, 6) is -0.394. The lowest BCUT2D eigenvalue weighted by molar-refractivity contribution is -0.121. The largest absolute Gasteiger partial charge is 0.399 e.